The standard InChI is InChI=1S/C25H26F5NO5S2/c26-19-8-9-20(27)23-22(19)24(37(34)16-5-3-15(4-6-16)25(28,29)30)11-1-2-14(18(24)13-36-23)12-17(38(31)35)7-10-21(32)33/h3-6,8-9,14,17-18H,1-2,7,10-13,31H2,(H,32,33)/t14-,17+,18?,24-,37?,38?/m0/s1. The Labute approximate surface area is 220 Å². The van der Waals surface area contributed by atoms with Gasteiger partial charge in [0.1, 0.15) is 5.82 Å². The van der Waals surface area contributed by atoms with Crippen molar-refractivity contribution in [3.63, 3.8) is 0 Å². The van der Waals surface area contributed by atoms with E-state index in [9.17, 15) is 30.8 Å². The van der Waals surface area contributed by atoms with Gasteiger partial charge in [0, 0.05) is 22.5 Å². The van der Waals surface area contributed by atoms with E-state index in [0.717, 1.165) is 36.4 Å². The second kappa shape index (κ2) is 11.0. The third-order valence-electron chi connectivity index (χ3n) is 7.48. The van der Waals surface area contributed by atoms with Gasteiger partial charge in [-0.15, -0.1) is 0 Å². The van der Waals surface area contributed by atoms with Crippen LogP contribution in [0, 0.1) is 23.5 Å². The van der Waals surface area contributed by atoms with Gasteiger partial charge in [-0.05, 0) is 68.0 Å². The van der Waals surface area contributed by atoms with Crippen molar-refractivity contribution in [2.45, 2.75) is 59.6 Å². The number of carboxylic acid groups (broad SMARTS) is 1. The van der Waals surface area contributed by atoms with Gasteiger partial charge in [0.2, 0.25) is 0 Å². The Balaban J connectivity index is 1.81. The predicted molar refractivity (Wildman–Crippen MR) is 130 cm³/mol. The van der Waals surface area contributed by atoms with Crippen LogP contribution in [0.4, 0.5) is 22.0 Å². The number of fused-ring (bicyclic) bond motifs is 3. The highest BCUT2D eigenvalue weighted by Gasteiger charge is 2.57. The highest BCUT2D eigenvalue weighted by atomic mass is 32.2. The summed E-state index contributed by atoms with van der Waals surface area (Å²) in [4.78, 5) is 11.1. The highest BCUT2D eigenvalue weighted by Crippen LogP contribution is 2.57. The molecule has 1 heterocycles. The Hall–Kier alpha value is -2.38. The molecule has 3 unspecified atom stereocenters. The van der Waals surface area contributed by atoms with Crippen LogP contribution in [0.15, 0.2) is 41.3 Å². The molecule has 1 aliphatic carbocycles. The number of halogens is 5. The van der Waals surface area contributed by atoms with Gasteiger partial charge in [-0.3, -0.25) is 14.1 Å². The summed E-state index contributed by atoms with van der Waals surface area (Å²) < 4.78 is 100. The average Bonchev–Trinajstić information content (AvgIpc) is 2.87. The fraction of sp³-hybridized carbons (Fsp3) is 0.480. The molecule has 1 fully saturated rings. The molecule has 4 rings (SSSR count). The van der Waals surface area contributed by atoms with Crippen molar-refractivity contribution in [3.05, 3.63) is 59.2 Å². The van der Waals surface area contributed by atoms with Gasteiger partial charge in [-0.1, -0.05) is 6.42 Å². The minimum absolute atomic E-state index is 0.0185. The summed E-state index contributed by atoms with van der Waals surface area (Å²) >= 11 is 0. The molecule has 6 atom stereocenters. The van der Waals surface area contributed by atoms with Crippen LogP contribution in [-0.2, 0) is 37.5 Å². The molecule has 208 valence electrons. The number of rotatable bonds is 8. The number of carboxylic acids is 1. The van der Waals surface area contributed by atoms with E-state index in [1.165, 1.54) is 0 Å². The van der Waals surface area contributed by atoms with Crippen molar-refractivity contribution in [1.29, 1.82) is 0 Å². The van der Waals surface area contributed by atoms with Crippen LogP contribution in [0.3, 0.4) is 0 Å². The predicted octanol–water partition coefficient (Wildman–Crippen LogP) is 5.04. The van der Waals surface area contributed by atoms with Crippen LogP contribution in [0.25, 0.3) is 0 Å². The molecule has 2 aromatic carbocycles. The van der Waals surface area contributed by atoms with Gasteiger partial charge in [-0.25, -0.2) is 13.0 Å². The molecule has 0 bridgehead atoms. The van der Waals surface area contributed by atoms with Crippen molar-refractivity contribution >= 4 is 27.8 Å². The normalized spacial score (nSPS) is 25.4. The van der Waals surface area contributed by atoms with Crippen LogP contribution in [-0.4, -0.2) is 31.4 Å². The third-order valence-corrected chi connectivity index (χ3v) is 10.6. The average molecular weight is 580 g/mol. The van der Waals surface area contributed by atoms with E-state index in [2.05, 4.69) is 0 Å². The van der Waals surface area contributed by atoms with Crippen molar-refractivity contribution in [2.24, 2.45) is 17.0 Å². The number of ether oxygens (including phenoxy) is 1. The smallest absolute Gasteiger partial charge is 0.416 e. The minimum Gasteiger partial charge on any atom is -0.490 e. The zero-order valence-electron chi connectivity index (χ0n) is 20.0. The Kier molecular flexibility index (Phi) is 8.29. The zero-order chi connectivity index (χ0) is 27.8. The van der Waals surface area contributed by atoms with Gasteiger partial charge in [0.05, 0.1) is 44.3 Å². The number of carbonyl (C=O) groups is 1. The van der Waals surface area contributed by atoms with E-state index < -0.39 is 73.0 Å². The van der Waals surface area contributed by atoms with E-state index in [4.69, 9.17) is 15.0 Å². The van der Waals surface area contributed by atoms with Crippen molar-refractivity contribution in [2.75, 3.05) is 6.61 Å². The summed E-state index contributed by atoms with van der Waals surface area (Å²) in [6.45, 7) is -0.159. The molecule has 6 nitrogen and oxygen atoms in total. The molecule has 1 saturated carbocycles. The van der Waals surface area contributed by atoms with Crippen LogP contribution in [0.5, 0.6) is 5.75 Å². The lowest BCUT2D eigenvalue weighted by molar-refractivity contribution is -0.138. The minimum atomic E-state index is -4.61. The summed E-state index contributed by atoms with van der Waals surface area (Å²) in [5, 5.41) is 14.0. The largest absolute Gasteiger partial charge is 0.490 e. The number of hydrogen-bond acceptors (Lipinski definition) is 4. The van der Waals surface area contributed by atoms with Gasteiger partial charge < -0.3 is 9.84 Å². The van der Waals surface area contributed by atoms with Crippen LogP contribution >= 0.6 is 0 Å². The SMILES string of the molecule is NS(=O)[C@H](CCC(=O)O)C[C@@H]1CCC[C@@]2(S(=O)c3ccc(C(F)(F)F)cc3)c3c(F)ccc(F)c3OCC12. The van der Waals surface area contributed by atoms with Crippen molar-refractivity contribution < 1.29 is 45.0 Å². The lowest BCUT2D eigenvalue weighted by atomic mass is 9.66. The first kappa shape index (κ1) is 28.6. The second-order valence-corrected chi connectivity index (χ2v) is 12.7. The summed E-state index contributed by atoms with van der Waals surface area (Å²) in [5.41, 5.74) is -1.17. The summed E-state index contributed by atoms with van der Waals surface area (Å²) in [6.07, 6.45) is -3.62. The van der Waals surface area contributed by atoms with E-state index >= 15 is 4.39 Å². The van der Waals surface area contributed by atoms with Gasteiger partial charge in [0.25, 0.3) is 0 Å². The van der Waals surface area contributed by atoms with Crippen LogP contribution in [0.2, 0.25) is 0 Å². The van der Waals surface area contributed by atoms with Crippen molar-refractivity contribution in [1.82, 2.24) is 0 Å². The molecule has 1 aliphatic heterocycles. The summed E-state index contributed by atoms with van der Waals surface area (Å²) in [6, 6.07) is 5.53. The molecular weight excluding hydrogens is 553 g/mol. The fourth-order valence-corrected chi connectivity index (χ4v) is 8.58. The second-order valence-electron chi connectivity index (χ2n) is 9.60. The number of aliphatic carboxylic acids is 1. The molecule has 0 radical (unpaired) electrons. The summed E-state index contributed by atoms with van der Waals surface area (Å²) in [7, 11) is -4.01. The van der Waals surface area contributed by atoms with Crippen LogP contribution < -0.4 is 9.88 Å². The lowest BCUT2D eigenvalue weighted by Crippen LogP contribution is -2.52. The van der Waals surface area contributed by atoms with Crippen molar-refractivity contribution in [3.8, 4) is 5.75 Å². The maximum Gasteiger partial charge on any atom is 0.416 e. The fourth-order valence-electron chi connectivity index (χ4n) is 5.75. The first-order valence-electron chi connectivity index (χ1n) is 11.9. The Morgan fingerprint density at radius 3 is 2.39 bits per heavy atom. The molecule has 0 spiro atoms. The van der Waals surface area contributed by atoms with Gasteiger partial charge >= 0.3 is 12.1 Å². The van der Waals surface area contributed by atoms with Gasteiger partial charge in [-0.2, -0.15) is 13.2 Å². The Morgan fingerprint density at radius 1 is 1.13 bits per heavy atom. The molecule has 2 aromatic rings. The maximum absolute atomic E-state index is 15.4. The molecule has 13 heteroatoms. The molecule has 2 aliphatic rings. The topological polar surface area (TPSA) is 107 Å². The first-order valence-corrected chi connectivity index (χ1v) is 14.4. The highest BCUT2D eigenvalue weighted by molar-refractivity contribution is 7.86. The number of hydrogen-bond donors (Lipinski definition) is 2. The number of nitrogens with two attached hydrogens (primary N) is 1. The quantitative estimate of drug-likeness (QED) is 0.426. The molecule has 38 heavy (non-hydrogen) atoms. The van der Waals surface area contributed by atoms with E-state index in [1.807, 2.05) is 0 Å². The Bertz CT molecular complexity index is 1260. The molecular formula is C25H26F5NO5S2. The molecule has 3 N–H and O–H groups in total. The van der Waals surface area contributed by atoms with E-state index in [-0.39, 0.29) is 48.5 Å². The summed E-state index contributed by atoms with van der Waals surface area (Å²) in [5.74, 6) is -4.27. The lowest BCUT2D eigenvalue weighted by Gasteiger charge is -2.51. The number of benzene rings is 2. The molecule has 0 aromatic heterocycles. The van der Waals surface area contributed by atoms with Crippen LogP contribution in [0.1, 0.15) is 49.7 Å². The third kappa shape index (κ3) is 5.37. The molecule has 0 saturated heterocycles. The van der Waals surface area contributed by atoms with E-state index in [0.29, 0.717) is 12.8 Å². The first-order chi connectivity index (χ1) is 17.9. The molecule has 0 amide bonds. The van der Waals surface area contributed by atoms with E-state index in [1.54, 1.807) is 0 Å². The Morgan fingerprint density at radius 2 is 1.79 bits per heavy atom. The number of alkyl halides is 3. The van der Waals surface area contributed by atoms with Gasteiger partial charge in [0.15, 0.2) is 11.6 Å². The zero-order valence-corrected chi connectivity index (χ0v) is 21.6. The monoisotopic (exact) mass is 579 g/mol. The maximum atomic E-state index is 15.4.